The molecule has 0 spiro atoms. The summed E-state index contributed by atoms with van der Waals surface area (Å²) in [4.78, 5) is 60.4. The molecule has 0 radical (unpaired) electrons. The molecular weight excluding hydrogens is 554 g/mol. The molecule has 1 aromatic rings. The van der Waals surface area contributed by atoms with Crippen molar-refractivity contribution in [1.29, 1.82) is 0 Å². The summed E-state index contributed by atoms with van der Waals surface area (Å²) >= 11 is 0. The number of aromatic amines is 2. The first-order chi connectivity index (χ1) is 21.5. The smallest absolute Gasteiger partial charge is 0.311 e. The fraction of sp³-hybridized carbons (Fsp3) is 0.743. The molecule has 0 aliphatic carbocycles. The number of aryl methyl sites for hydroxylation is 1. The lowest BCUT2D eigenvalue weighted by atomic mass is 10.0. The van der Waals surface area contributed by atoms with Gasteiger partial charge in [0.05, 0.1) is 10.9 Å². The molecule has 1 aromatic heterocycles. The number of rotatable bonds is 24. The topological polar surface area (TPSA) is 123 Å². The Morgan fingerprint density at radius 1 is 0.568 bits per heavy atom. The molecule has 9 heteroatoms. The van der Waals surface area contributed by atoms with E-state index in [1.165, 1.54) is 107 Å². The van der Waals surface area contributed by atoms with Gasteiger partial charge in [-0.2, -0.15) is 4.98 Å². The van der Waals surface area contributed by atoms with Crippen molar-refractivity contribution in [3.8, 4) is 11.4 Å². The lowest BCUT2D eigenvalue weighted by molar-refractivity contribution is 0.520. The highest BCUT2D eigenvalue weighted by Crippen LogP contribution is 2.21. The maximum absolute atomic E-state index is 13.4. The Kier molecular flexibility index (Phi) is 16.3. The molecule has 0 bridgehead atoms. The first-order valence-corrected chi connectivity index (χ1v) is 17.8. The average molecular weight is 612 g/mol. The second-order valence-electron chi connectivity index (χ2n) is 12.6. The first-order valence-electron chi connectivity index (χ1n) is 17.8. The van der Waals surface area contributed by atoms with E-state index < -0.39 is 22.5 Å². The molecule has 0 saturated heterocycles. The third-order valence-electron chi connectivity index (χ3n) is 8.90. The monoisotopic (exact) mass is 611 g/mol. The van der Waals surface area contributed by atoms with Crippen LogP contribution in [-0.4, -0.2) is 24.1 Å². The quantitative estimate of drug-likeness (QED) is 0.0795. The molecule has 0 unspecified atom stereocenters. The number of H-pyrrole nitrogens is 2. The molecule has 44 heavy (non-hydrogen) atoms. The largest absolute Gasteiger partial charge is 0.349 e. The third kappa shape index (κ3) is 11.2. The van der Waals surface area contributed by atoms with Crippen LogP contribution in [0, 0.1) is 0 Å². The van der Waals surface area contributed by atoms with Crippen molar-refractivity contribution < 1.29 is 0 Å². The van der Waals surface area contributed by atoms with Crippen LogP contribution in [0.2, 0.25) is 0 Å². The molecule has 2 aliphatic rings. The van der Waals surface area contributed by atoms with E-state index >= 15 is 0 Å². The van der Waals surface area contributed by atoms with Crippen molar-refractivity contribution in [2.75, 3.05) is 0 Å². The number of nitrogens with zero attached hydrogens (tertiary/aromatic N) is 3. The second-order valence-corrected chi connectivity index (χ2v) is 12.6. The summed E-state index contributed by atoms with van der Waals surface area (Å²) in [5.74, 6) is 0.205. The van der Waals surface area contributed by atoms with Crippen LogP contribution in [0.5, 0.6) is 0 Å². The number of fused-ring (bicyclic) bond motifs is 2. The maximum Gasteiger partial charge on any atom is 0.349 e. The van der Waals surface area contributed by atoms with Gasteiger partial charge >= 0.3 is 11.4 Å². The van der Waals surface area contributed by atoms with E-state index in [1.54, 1.807) is 4.57 Å². The molecule has 0 atom stereocenters. The van der Waals surface area contributed by atoms with Gasteiger partial charge < -0.3 is 4.57 Å². The second kappa shape index (κ2) is 20.1. The predicted octanol–water partition coefficient (Wildman–Crippen LogP) is 7.66. The Labute approximate surface area is 262 Å². The van der Waals surface area contributed by atoms with Crippen molar-refractivity contribution in [1.82, 2.24) is 24.1 Å². The number of unbranched alkanes of at least 4 members (excludes halogenated alkanes) is 20. The minimum atomic E-state index is -0.735. The molecule has 0 aromatic carbocycles. The highest BCUT2D eigenvalue weighted by atomic mass is 16.2. The van der Waals surface area contributed by atoms with Gasteiger partial charge in [0.2, 0.25) is 0 Å². The zero-order valence-electron chi connectivity index (χ0n) is 27.5. The molecule has 0 fully saturated rings. The van der Waals surface area contributed by atoms with Crippen LogP contribution in [0.25, 0.3) is 22.4 Å². The number of hydrogen-bond acceptors (Lipinski definition) is 5. The molecule has 2 N–H and O–H groups in total. The van der Waals surface area contributed by atoms with Crippen molar-refractivity contribution >= 4 is 11.0 Å². The van der Waals surface area contributed by atoms with E-state index in [1.807, 2.05) is 0 Å². The van der Waals surface area contributed by atoms with E-state index in [9.17, 15) is 19.2 Å². The number of aromatic nitrogens is 5. The van der Waals surface area contributed by atoms with Gasteiger partial charge in [-0.25, -0.2) is 9.59 Å². The Hall–Kier alpha value is -2.97. The van der Waals surface area contributed by atoms with Crippen LogP contribution in [0.3, 0.4) is 0 Å². The predicted molar refractivity (Wildman–Crippen MR) is 181 cm³/mol. The summed E-state index contributed by atoms with van der Waals surface area (Å²) in [5.41, 5.74) is -1.68. The van der Waals surface area contributed by atoms with Crippen LogP contribution < -0.4 is 22.5 Å². The summed E-state index contributed by atoms with van der Waals surface area (Å²) in [5, 5.41) is 0.269. The maximum atomic E-state index is 13.4. The Bertz CT molecular complexity index is 1450. The molecule has 0 saturated carbocycles. The standard InChI is InChI=1S/C35H57N5O4/c1-3-5-7-9-11-12-13-14-15-16-17-18-19-20-22-23-25-39-30-28(32(41)38-34(43)36-30)27-29-31(39)37-35(44)40(33(29)42)26-24-21-10-8-6-4-2/h27H,3-26H2,1-2H3,(H,37,44)(H,38,41,43). The molecule has 3 rings (SSSR count). The van der Waals surface area contributed by atoms with E-state index in [0.29, 0.717) is 18.7 Å². The van der Waals surface area contributed by atoms with Crippen LogP contribution in [0.1, 0.15) is 155 Å². The Balaban J connectivity index is 1.53. The van der Waals surface area contributed by atoms with Crippen LogP contribution >= 0.6 is 0 Å². The van der Waals surface area contributed by atoms with Crippen molar-refractivity contribution in [3.63, 3.8) is 0 Å². The van der Waals surface area contributed by atoms with E-state index in [-0.39, 0.29) is 16.8 Å². The van der Waals surface area contributed by atoms with Crippen molar-refractivity contribution in [2.45, 2.75) is 168 Å². The summed E-state index contributed by atoms with van der Waals surface area (Å²) in [6.45, 7) is 5.23. The van der Waals surface area contributed by atoms with Crippen LogP contribution in [-0.2, 0) is 13.1 Å². The van der Waals surface area contributed by atoms with E-state index in [0.717, 1.165) is 44.9 Å². The molecular formula is C35H57N5O4. The molecule has 2 aliphatic heterocycles. The lowest BCUT2D eigenvalue weighted by Crippen LogP contribution is -2.37. The van der Waals surface area contributed by atoms with Crippen molar-refractivity contribution in [3.05, 3.63) is 47.7 Å². The molecule has 246 valence electrons. The third-order valence-corrected chi connectivity index (χ3v) is 8.90. The molecule has 0 amide bonds. The van der Waals surface area contributed by atoms with Gasteiger partial charge in [-0.15, -0.1) is 0 Å². The Morgan fingerprint density at radius 2 is 1.00 bits per heavy atom. The average Bonchev–Trinajstić information content (AvgIpc) is 3.00. The van der Waals surface area contributed by atoms with Gasteiger partial charge in [-0.1, -0.05) is 142 Å². The van der Waals surface area contributed by atoms with Crippen molar-refractivity contribution in [2.24, 2.45) is 0 Å². The van der Waals surface area contributed by atoms with Gasteiger partial charge in [0.15, 0.2) is 5.82 Å². The molecule has 3 heterocycles. The van der Waals surface area contributed by atoms with Gasteiger partial charge in [0, 0.05) is 13.1 Å². The first kappa shape index (κ1) is 35.5. The zero-order valence-corrected chi connectivity index (χ0v) is 27.5. The highest BCUT2D eigenvalue weighted by molar-refractivity contribution is 5.81. The highest BCUT2D eigenvalue weighted by Gasteiger charge is 2.20. The summed E-state index contributed by atoms with van der Waals surface area (Å²) in [6, 6.07) is 1.47. The van der Waals surface area contributed by atoms with Gasteiger partial charge in [-0.05, 0) is 18.9 Å². The summed E-state index contributed by atoms with van der Waals surface area (Å²) < 4.78 is 2.92. The summed E-state index contributed by atoms with van der Waals surface area (Å²) in [6.07, 6.45) is 26.5. The van der Waals surface area contributed by atoms with Gasteiger partial charge in [-0.3, -0.25) is 24.1 Å². The van der Waals surface area contributed by atoms with Gasteiger partial charge in [0.1, 0.15) is 5.65 Å². The zero-order chi connectivity index (χ0) is 31.6. The minimum Gasteiger partial charge on any atom is -0.311 e. The van der Waals surface area contributed by atoms with E-state index in [4.69, 9.17) is 0 Å². The normalized spacial score (nSPS) is 11.7. The minimum absolute atomic E-state index is 0.184. The summed E-state index contributed by atoms with van der Waals surface area (Å²) in [7, 11) is 0. The van der Waals surface area contributed by atoms with E-state index in [2.05, 4.69) is 28.8 Å². The van der Waals surface area contributed by atoms with Gasteiger partial charge in [0.25, 0.3) is 11.1 Å². The fourth-order valence-electron chi connectivity index (χ4n) is 6.24. The fourth-order valence-corrected chi connectivity index (χ4v) is 6.24. The van der Waals surface area contributed by atoms with Crippen LogP contribution in [0.15, 0.2) is 25.2 Å². The number of nitrogens with one attached hydrogen (secondary N) is 2. The lowest BCUT2D eigenvalue weighted by Gasteiger charge is -2.17. The van der Waals surface area contributed by atoms with Crippen LogP contribution in [0.4, 0.5) is 0 Å². The Morgan fingerprint density at radius 3 is 1.48 bits per heavy atom. The number of hydrogen-bond donors (Lipinski definition) is 2. The molecule has 9 nitrogen and oxygen atoms in total. The number of pyridine rings is 1. The SMILES string of the molecule is CCCCCCCCCCCCCCCCCCn1c2nc(=O)[nH]c(=O)c-2cc2c(=O)n(CCCCCCCC)c(=O)[nH]c21.